The third-order valence-electron chi connectivity index (χ3n) is 5.10. The highest BCUT2D eigenvalue weighted by atomic mass is 32.2. The fourth-order valence-corrected chi connectivity index (χ4v) is 4.55. The summed E-state index contributed by atoms with van der Waals surface area (Å²) in [5.41, 5.74) is 3.62. The number of thioether (sulfide) groups is 1. The number of nitrogens with zero attached hydrogens (tertiary/aromatic N) is 4. The van der Waals surface area contributed by atoms with Crippen LogP contribution in [0, 0.1) is 6.92 Å². The van der Waals surface area contributed by atoms with Gasteiger partial charge in [0.1, 0.15) is 5.58 Å². The first-order valence-corrected chi connectivity index (χ1v) is 10.6. The molecule has 0 bridgehead atoms. The van der Waals surface area contributed by atoms with Crippen molar-refractivity contribution in [3.8, 4) is 0 Å². The van der Waals surface area contributed by atoms with E-state index in [1.165, 1.54) is 17.3 Å². The zero-order chi connectivity index (χ0) is 19.7. The Bertz CT molecular complexity index is 1040. The highest BCUT2D eigenvalue weighted by Crippen LogP contribution is 2.30. The Morgan fingerprint density at radius 3 is 2.93 bits per heavy atom. The molecular weight excluding hydrogens is 376 g/mol. The molecule has 3 heterocycles. The lowest BCUT2D eigenvalue weighted by atomic mass is 9.95. The topological polar surface area (TPSA) is 83.0 Å². The van der Waals surface area contributed by atoms with Crippen LogP contribution in [-0.2, 0) is 17.0 Å². The van der Waals surface area contributed by atoms with Crippen LogP contribution in [0.25, 0.3) is 11.0 Å². The minimum atomic E-state index is -0.334. The van der Waals surface area contributed by atoms with Crippen LogP contribution in [0.5, 0.6) is 0 Å². The fourth-order valence-electron chi connectivity index (χ4n) is 3.67. The molecule has 1 aliphatic rings. The molecule has 0 spiro atoms. The fraction of sp³-hybridized carbons (Fsp3) is 0.500. The van der Waals surface area contributed by atoms with Gasteiger partial charge in [0.25, 0.3) is 0 Å². The second-order valence-electron chi connectivity index (χ2n) is 7.52. The van der Waals surface area contributed by atoms with E-state index >= 15 is 0 Å². The number of ether oxygens (including phenoxy) is 1. The number of hydrogen-bond acceptors (Lipinski definition) is 7. The number of tetrazole rings is 1. The van der Waals surface area contributed by atoms with Gasteiger partial charge in [-0.2, -0.15) is 0 Å². The molecule has 0 radical (unpaired) electrons. The number of benzene rings is 1. The normalized spacial score (nSPS) is 17.1. The molecule has 0 amide bonds. The largest absolute Gasteiger partial charge is 0.423 e. The Kier molecular flexibility index (Phi) is 5.50. The Labute approximate surface area is 167 Å². The van der Waals surface area contributed by atoms with Gasteiger partial charge < -0.3 is 9.15 Å². The summed E-state index contributed by atoms with van der Waals surface area (Å²) in [6, 6.07) is 5.67. The molecule has 4 rings (SSSR count). The number of fused-ring (bicyclic) bond motifs is 1. The van der Waals surface area contributed by atoms with Crippen LogP contribution in [0.4, 0.5) is 0 Å². The molecule has 8 heteroatoms. The maximum atomic E-state index is 12.1. The van der Waals surface area contributed by atoms with E-state index in [4.69, 9.17) is 9.15 Å². The van der Waals surface area contributed by atoms with Gasteiger partial charge in [0.05, 0.1) is 12.6 Å². The van der Waals surface area contributed by atoms with E-state index in [9.17, 15) is 4.79 Å². The van der Waals surface area contributed by atoms with Crippen LogP contribution < -0.4 is 5.63 Å². The summed E-state index contributed by atoms with van der Waals surface area (Å²) in [5, 5.41) is 13.8. The molecule has 148 valence electrons. The van der Waals surface area contributed by atoms with Gasteiger partial charge in [-0.25, -0.2) is 9.48 Å². The second-order valence-corrected chi connectivity index (χ2v) is 8.46. The molecule has 1 atom stereocenters. The zero-order valence-corrected chi connectivity index (χ0v) is 17.2. The van der Waals surface area contributed by atoms with E-state index in [1.807, 2.05) is 6.07 Å². The summed E-state index contributed by atoms with van der Waals surface area (Å²) in [6.45, 7) is 7.85. The Balaban J connectivity index is 1.60. The lowest BCUT2D eigenvalue weighted by Gasteiger charge is -2.13. The third kappa shape index (κ3) is 3.98. The van der Waals surface area contributed by atoms with Crippen LogP contribution in [0.3, 0.4) is 0 Å². The summed E-state index contributed by atoms with van der Waals surface area (Å²) < 4.78 is 12.9. The van der Waals surface area contributed by atoms with Crippen LogP contribution in [0.1, 0.15) is 49.3 Å². The van der Waals surface area contributed by atoms with E-state index < -0.39 is 0 Å². The molecule has 1 saturated heterocycles. The van der Waals surface area contributed by atoms with Gasteiger partial charge in [-0.15, -0.1) is 5.10 Å². The van der Waals surface area contributed by atoms with Crippen molar-refractivity contribution in [2.45, 2.75) is 63.1 Å². The van der Waals surface area contributed by atoms with Crippen LogP contribution >= 0.6 is 11.8 Å². The number of hydrogen-bond donors (Lipinski definition) is 0. The summed E-state index contributed by atoms with van der Waals surface area (Å²) in [7, 11) is 0. The first kappa shape index (κ1) is 19.1. The van der Waals surface area contributed by atoms with Gasteiger partial charge in [0.15, 0.2) is 0 Å². The van der Waals surface area contributed by atoms with Crippen molar-refractivity contribution in [3.05, 3.63) is 45.3 Å². The quantitative estimate of drug-likeness (QED) is 0.461. The Morgan fingerprint density at radius 2 is 2.18 bits per heavy atom. The Hall–Kier alpha value is -2.19. The van der Waals surface area contributed by atoms with Crippen molar-refractivity contribution in [1.29, 1.82) is 0 Å². The van der Waals surface area contributed by atoms with Gasteiger partial charge in [-0.1, -0.05) is 25.6 Å². The van der Waals surface area contributed by atoms with Crippen molar-refractivity contribution < 1.29 is 9.15 Å². The molecule has 1 aliphatic heterocycles. The van der Waals surface area contributed by atoms with E-state index in [1.54, 1.807) is 10.7 Å². The van der Waals surface area contributed by atoms with Gasteiger partial charge in [0.2, 0.25) is 5.16 Å². The SMILES string of the molecule is Cc1cc2oc(=O)cc(CSc3nnnn3CC3CCCO3)c2cc1C(C)C. The van der Waals surface area contributed by atoms with Crippen molar-refractivity contribution in [1.82, 2.24) is 20.2 Å². The summed E-state index contributed by atoms with van der Waals surface area (Å²) in [5.74, 6) is 0.991. The maximum absolute atomic E-state index is 12.1. The molecule has 2 aromatic heterocycles. The van der Waals surface area contributed by atoms with Gasteiger partial charge in [-0.3, -0.25) is 0 Å². The first-order chi connectivity index (χ1) is 13.5. The molecule has 28 heavy (non-hydrogen) atoms. The second kappa shape index (κ2) is 8.05. The molecule has 3 aromatic rings. The zero-order valence-electron chi connectivity index (χ0n) is 16.3. The van der Waals surface area contributed by atoms with Gasteiger partial charge in [-0.05, 0) is 64.9 Å². The van der Waals surface area contributed by atoms with Crippen LogP contribution in [0.2, 0.25) is 0 Å². The van der Waals surface area contributed by atoms with Gasteiger partial charge >= 0.3 is 5.63 Å². The lowest BCUT2D eigenvalue weighted by molar-refractivity contribution is 0.0912. The molecule has 0 saturated carbocycles. The standard InChI is InChI=1S/C20H24N4O3S/c1-12(2)16-9-17-14(8-19(25)27-18(17)7-13(16)3)11-28-20-21-22-23-24(20)10-15-5-4-6-26-15/h7-9,12,15H,4-6,10-11H2,1-3H3. The molecule has 7 nitrogen and oxygen atoms in total. The molecule has 0 N–H and O–H groups in total. The lowest BCUT2D eigenvalue weighted by Crippen LogP contribution is -2.16. The molecule has 1 unspecified atom stereocenters. The van der Waals surface area contributed by atoms with Crippen molar-refractivity contribution in [2.75, 3.05) is 6.61 Å². The van der Waals surface area contributed by atoms with Crippen molar-refractivity contribution in [3.63, 3.8) is 0 Å². The predicted molar refractivity (Wildman–Crippen MR) is 108 cm³/mol. The molecule has 1 aromatic carbocycles. The maximum Gasteiger partial charge on any atom is 0.336 e. The predicted octanol–water partition coefficient (Wildman–Crippen LogP) is 3.68. The Morgan fingerprint density at radius 1 is 1.32 bits per heavy atom. The van der Waals surface area contributed by atoms with Crippen LogP contribution in [0.15, 0.2) is 32.6 Å². The molecule has 1 fully saturated rings. The average Bonchev–Trinajstić information content (AvgIpc) is 3.31. The summed E-state index contributed by atoms with van der Waals surface area (Å²) in [6.07, 6.45) is 2.29. The van der Waals surface area contributed by atoms with E-state index in [-0.39, 0.29) is 11.7 Å². The minimum absolute atomic E-state index is 0.170. The number of aromatic nitrogens is 4. The monoisotopic (exact) mass is 400 g/mol. The molecule has 0 aliphatic carbocycles. The van der Waals surface area contributed by atoms with Gasteiger partial charge in [0, 0.05) is 23.8 Å². The van der Waals surface area contributed by atoms with E-state index in [2.05, 4.69) is 42.4 Å². The minimum Gasteiger partial charge on any atom is -0.423 e. The number of aryl methyl sites for hydroxylation is 1. The molecular formula is C20H24N4O3S. The summed E-state index contributed by atoms with van der Waals surface area (Å²) in [4.78, 5) is 12.1. The van der Waals surface area contributed by atoms with Crippen LogP contribution in [-0.4, -0.2) is 32.9 Å². The third-order valence-corrected chi connectivity index (χ3v) is 6.10. The first-order valence-electron chi connectivity index (χ1n) is 9.59. The van der Waals surface area contributed by atoms with E-state index in [0.29, 0.717) is 23.8 Å². The van der Waals surface area contributed by atoms with Crippen molar-refractivity contribution in [2.24, 2.45) is 0 Å². The highest BCUT2D eigenvalue weighted by Gasteiger charge is 2.19. The van der Waals surface area contributed by atoms with Crippen molar-refractivity contribution >= 4 is 22.7 Å². The summed E-state index contributed by atoms with van der Waals surface area (Å²) >= 11 is 1.52. The number of rotatable bonds is 6. The average molecular weight is 401 g/mol. The highest BCUT2D eigenvalue weighted by molar-refractivity contribution is 7.98. The van der Waals surface area contributed by atoms with E-state index in [0.717, 1.165) is 41.1 Å². The smallest absolute Gasteiger partial charge is 0.336 e.